The molecule has 0 spiro atoms. The number of piperazine rings is 1. The van der Waals surface area contributed by atoms with Crippen molar-refractivity contribution < 1.29 is 13.9 Å². The molecule has 1 aromatic rings. The maximum atomic E-state index is 13.7. The topological polar surface area (TPSA) is 45.7 Å². The van der Waals surface area contributed by atoms with Crippen LogP contribution in [0.1, 0.15) is 6.42 Å². The summed E-state index contributed by atoms with van der Waals surface area (Å²) in [5.41, 5.74) is 0.559. The molecule has 0 radical (unpaired) electrons. The molecule has 1 aromatic heterocycles. The summed E-state index contributed by atoms with van der Waals surface area (Å²) in [6.07, 6.45) is 3.35. The van der Waals surface area contributed by atoms with Crippen LogP contribution in [0, 0.1) is 5.82 Å². The van der Waals surface area contributed by atoms with Crippen LogP contribution in [0.15, 0.2) is 18.5 Å². The van der Waals surface area contributed by atoms with Crippen molar-refractivity contribution in [2.24, 2.45) is 0 Å². The predicted octanol–water partition coefficient (Wildman–Crippen LogP) is 1.25. The number of hydrogen-bond acceptors (Lipinski definition) is 4. The number of anilines is 1. The number of cyclic esters (lactones) is 1. The van der Waals surface area contributed by atoms with Crippen LogP contribution < -0.4 is 4.90 Å². The van der Waals surface area contributed by atoms with Gasteiger partial charge in [0, 0.05) is 32.3 Å². The molecule has 2 saturated heterocycles. The van der Waals surface area contributed by atoms with E-state index in [9.17, 15) is 9.18 Å². The van der Waals surface area contributed by atoms with E-state index in [0.29, 0.717) is 31.9 Å². The first-order valence-corrected chi connectivity index (χ1v) is 6.03. The summed E-state index contributed by atoms with van der Waals surface area (Å²) < 4.78 is 18.7. The summed E-state index contributed by atoms with van der Waals surface area (Å²) in [5.74, 6) is -0.315. The molecule has 2 aliphatic heterocycles. The number of ether oxygens (including phenoxy) is 1. The summed E-state index contributed by atoms with van der Waals surface area (Å²) in [7, 11) is 0. The van der Waals surface area contributed by atoms with Gasteiger partial charge in [-0.25, -0.2) is 9.18 Å². The first kappa shape index (κ1) is 11.3. The lowest BCUT2D eigenvalue weighted by atomic mass is 10.1. The first-order chi connectivity index (χ1) is 8.75. The van der Waals surface area contributed by atoms with Crippen LogP contribution in [0.25, 0.3) is 0 Å². The lowest BCUT2D eigenvalue weighted by molar-refractivity contribution is 0.0398. The monoisotopic (exact) mass is 251 g/mol. The van der Waals surface area contributed by atoms with Gasteiger partial charge in [0.25, 0.3) is 0 Å². The molecule has 0 aromatic carbocycles. The SMILES string of the molecule is O=C1OCCC2CN(c3ccncc3F)CCN12. The standard InChI is InChI=1S/C12H14FN3O2/c13-10-7-14-3-1-11(10)15-4-5-16-9(8-15)2-6-18-12(16)17/h1,3,7,9H,2,4-6,8H2. The highest BCUT2D eigenvalue weighted by Crippen LogP contribution is 2.24. The minimum Gasteiger partial charge on any atom is -0.449 e. The van der Waals surface area contributed by atoms with E-state index in [1.807, 2.05) is 4.90 Å². The number of fused-ring (bicyclic) bond motifs is 1. The molecule has 3 rings (SSSR count). The molecule has 6 heteroatoms. The Balaban J connectivity index is 1.78. The zero-order valence-electron chi connectivity index (χ0n) is 9.88. The quantitative estimate of drug-likeness (QED) is 0.753. The Morgan fingerprint density at radius 1 is 1.44 bits per heavy atom. The van der Waals surface area contributed by atoms with Crippen molar-refractivity contribution in [2.45, 2.75) is 12.5 Å². The number of rotatable bonds is 1. The van der Waals surface area contributed by atoms with Gasteiger partial charge in [-0.3, -0.25) is 4.98 Å². The molecule has 1 unspecified atom stereocenters. The van der Waals surface area contributed by atoms with E-state index in [4.69, 9.17) is 4.74 Å². The number of nitrogens with zero attached hydrogens (tertiary/aromatic N) is 3. The molecular weight excluding hydrogens is 237 g/mol. The van der Waals surface area contributed by atoms with E-state index in [0.717, 1.165) is 6.42 Å². The second-order valence-electron chi connectivity index (χ2n) is 4.52. The maximum Gasteiger partial charge on any atom is 0.410 e. The molecule has 5 nitrogen and oxygen atoms in total. The molecule has 1 amide bonds. The van der Waals surface area contributed by atoms with Crippen molar-refractivity contribution in [1.82, 2.24) is 9.88 Å². The molecule has 2 fully saturated rings. The molecule has 0 aliphatic carbocycles. The lowest BCUT2D eigenvalue weighted by Crippen LogP contribution is -2.58. The smallest absolute Gasteiger partial charge is 0.410 e. The highest BCUT2D eigenvalue weighted by molar-refractivity contribution is 5.69. The summed E-state index contributed by atoms with van der Waals surface area (Å²) in [5, 5.41) is 0. The van der Waals surface area contributed by atoms with Gasteiger partial charge in [0.15, 0.2) is 5.82 Å². The van der Waals surface area contributed by atoms with Crippen LogP contribution in [0.4, 0.5) is 14.9 Å². The fourth-order valence-electron chi connectivity index (χ4n) is 2.55. The van der Waals surface area contributed by atoms with Crippen LogP contribution >= 0.6 is 0 Å². The van der Waals surface area contributed by atoms with Crippen LogP contribution in [0.3, 0.4) is 0 Å². The molecule has 3 heterocycles. The highest BCUT2D eigenvalue weighted by atomic mass is 19.1. The van der Waals surface area contributed by atoms with Gasteiger partial charge in [-0.2, -0.15) is 0 Å². The average molecular weight is 251 g/mol. The average Bonchev–Trinajstić information content (AvgIpc) is 2.39. The number of carbonyl (C=O) groups excluding carboxylic acids is 1. The van der Waals surface area contributed by atoms with Gasteiger partial charge < -0.3 is 14.5 Å². The van der Waals surface area contributed by atoms with E-state index in [1.165, 1.54) is 6.20 Å². The Kier molecular flexibility index (Phi) is 2.77. The number of aromatic nitrogens is 1. The minimum atomic E-state index is -0.315. The third kappa shape index (κ3) is 1.87. The Bertz CT molecular complexity index is 468. The number of carbonyl (C=O) groups is 1. The Hall–Kier alpha value is -1.85. The van der Waals surface area contributed by atoms with Gasteiger partial charge in [-0.1, -0.05) is 0 Å². The van der Waals surface area contributed by atoms with Gasteiger partial charge in [0.05, 0.1) is 24.5 Å². The molecule has 0 saturated carbocycles. The fraction of sp³-hybridized carbons (Fsp3) is 0.500. The summed E-state index contributed by atoms with van der Waals surface area (Å²) in [6.45, 7) is 2.29. The first-order valence-electron chi connectivity index (χ1n) is 6.03. The second-order valence-corrected chi connectivity index (χ2v) is 4.52. The summed E-state index contributed by atoms with van der Waals surface area (Å²) in [6, 6.07) is 1.79. The molecule has 0 N–H and O–H groups in total. The molecule has 96 valence electrons. The van der Waals surface area contributed by atoms with Crippen molar-refractivity contribution in [1.29, 1.82) is 0 Å². The predicted molar refractivity (Wildman–Crippen MR) is 62.9 cm³/mol. The number of halogens is 1. The Labute approximate surface area is 104 Å². The minimum absolute atomic E-state index is 0.118. The van der Waals surface area contributed by atoms with Crippen molar-refractivity contribution in [2.75, 3.05) is 31.1 Å². The Morgan fingerprint density at radius 3 is 3.17 bits per heavy atom. The van der Waals surface area contributed by atoms with Gasteiger partial charge in [-0.05, 0) is 6.07 Å². The zero-order valence-corrected chi connectivity index (χ0v) is 9.88. The molecule has 2 aliphatic rings. The van der Waals surface area contributed by atoms with Gasteiger partial charge >= 0.3 is 6.09 Å². The second kappa shape index (κ2) is 4.44. The Morgan fingerprint density at radius 2 is 2.33 bits per heavy atom. The van der Waals surface area contributed by atoms with Crippen molar-refractivity contribution in [3.8, 4) is 0 Å². The van der Waals surface area contributed by atoms with E-state index in [-0.39, 0.29) is 18.0 Å². The van der Waals surface area contributed by atoms with E-state index in [1.54, 1.807) is 17.2 Å². The number of pyridine rings is 1. The third-order valence-electron chi connectivity index (χ3n) is 3.49. The highest BCUT2D eigenvalue weighted by Gasteiger charge is 2.35. The van der Waals surface area contributed by atoms with Crippen molar-refractivity contribution in [3.63, 3.8) is 0 Å². The molecule has 1 atom stereocenters. The van der Waals surface area contributed by atoms with Crippen LogP contribution in [0.5, 0.6) is 0 Å². The third-order valence-corrected chi connectivity index (χ3v) is 3.49. The normalized spacial score (nSPS) is 23.6. The summed E-state index contributed by atoms with van der Waals surface area (Å²) in [4.78, 5) is 19.0. The van der Waals surface area contributed by atoms with E-state index >= 15 is 0 Å². The van der Waals surface area contributed by atoms with Crippen LogP contribution in [0.2, 0.25) is 0 Å². The molecule has 0 bridgehead atoms. The van der Waals surface area contributed by atoms with Gasteiger partial charge in [-0.15, -0.1) is 0 Å². The van der Waals surface area contributed by atoms with E-state index < -0.39 is 0 Å². The number of hydrogen-bond donors (Lipinski definition) is 0. The van der Waals surface area contributed by atoms with Crippen molar-refractivity contribution in [3.05, 3.63) is 24.3 Å². The van der Waals surface area contributed by atoms with Gasteiger partial charge in [0.1, 0.15) is 0 Å². The lowest BCUT2D eigenvalue weighted by Gasteiger charge is -2.43. The largest absolute Gasteiger partial charge is 0.449 e. The zero-order chi connectivity index (χ0) is 12.5. The fourth-order valence-corrected chi connectivity index (χ4v) is 2.55. The number of amides is 1. The molecular formula is C12H14FN3O2. The summed E-state index contributed by atoms with van der Waals surface area (Å²) >= 11 is 0. The van der Waals surface area contributed by atoms with E-state index in [2.05, 4.69) is 4.98 Å². The van der Waals surface area contributed by atoms with Crippen LogP contribution in [-0.4, -0.2) is 48.3 Å². The van der Waals surface area contributed by atoms with Crippen molar-refractivity contribution >= 4 is 11.8 Å². The van der Waals surface area contributed by atoms with Gasteiger partial charge in [0.2, 0.25) is 0 Å². The molecule has 18 heavy (non-hydrogen) atoms. The van der Waals surface area contributed by atoms with Crippen LogP contribution in [-0.2, 0) is 4.74 Å². The maximum absolute atomic E-state index is 13.7.